The molecule has 4 rings (SSSR count). The molecule has 0 bridgehead atoms. The van der Waals surface area contributed by atoms with Crippen molar-refractivity contribution in [3.63, 3.8) is 0 Å². The van der Waals surface area contributed by atoms with E-state index in [1.807, 2.05) is 19.9 Å². The Morgan fingerprint density at radius 3 is 2.21 bits per heavy atom. The molecule has 3 heterocycles. The topological polar surface area (TPSA) is 32.8 Å². The first-order chi connectivity index (χ1) is 11.5. The van der Waals surface area contributed by atoms with Crippen molar-refractivity contribution >= 4 is 40.9 Å². The van der Waals surface area contributed by atoms with Crippen LogP contribution >= 0.6 is 23.5 Å². The third kappa shape index (κ3) is 2.06. The van der Waals surface area contributed by atoms with Gasteiger partial charge in [-0.1, -0.05) is 35.7 Å². The lowest BCUT2D eigenvalue weighted by Gasteiger charge is -2.36. The van der Waals surface area contributed by atoms with Gasteiger partial charge in [0.1, 0.15) is 15.0 Å². The van der Waals surface area contributed by atoms with E-state index in [0.717, 1.165) is 22.1 Å². The highest BCUT2D eigenvalue weighted by atomic mass is 32.2. The van der Waals surface area contributed by atoms with Crippen molar-refractivity contribution in [3.05, 3.63) is 55.5 Å². The molecule has 0 amide bonds. The van der Waals surface area contributed by atoms with Gasteiger partial charge in [-0.05, 0) is 39.8 Å². The molecule has 0 aromatic heterocycles. The number of ether oxygens (including phenoxy) is 1. The van der Waals surface area contributed by atoms with Crippen LogP contribution in [-0.2, 0) is 9.53 Å². The lowest BCUT2D eigenvalue weighted by atomic mass is 10.1. The van der Waals surface area contributed by atoms with Crippen LogP contribution in [0.3, 0.4) is 0 Å². The summed E-state index contributed by atoms with van der Waals surface area (Å²) in [6.07, 6.45) is 0. The molecule has 4 nitrogen and oxygen atoms in total. The van der Waals surface area contributed by atoms with Crippen molar-refractivity contribution in [2.24, 2.45) is 0 Å². The van der Waals surface area contributed by atoms with E-state index >= 15 is 0 Å². The van der Waals surface area contributed by atoms with E-state index in [-0.39, 0.29) is 5.97 Å². The number of hydrogen-bond donors (Lipinski definition) is 0. The van der Waals surface area contributed by atoms with Gasteiger partial charge < -0.3 is 14.5 Å². The molecule has 3 aliphatic rings. The van der Waals surface area contributed by atoms with Gasteiger partial charge in [0.25, 0.3) is 0 Å². The number of nitrogens with zero attached hydrogens (tertiary/aromatic N) is 2. The monoisotopic (exact) mass is 358 g/mol. The van der Waals surface area contributed by atoms with Gasteiger partial charge in [0.2, 0.25) is 0 Å². The number of benzene rings is 1. The van der Waals surface area contributed by atoms with Crippen molar-refractivity contribution in [1.29, 1.82) is 0 Å². The molecule has 124 valence electrons. The minimum Gasteiger partial charge on any atom is -0.462 e. The number of anilines is 2. The molecule has 1 aromatic rings. The number of carbonyl (C=O) groups excluding carboxylic acids is 1. The highest BCUT2D eigenvalue weighted by Gasteiger charge is 2.42. The van der Waals surface area contributed by atoms with Gasteiger partial charge in [0.05, 0.1) is 18.0 Å². The van der Waals surface area contributed by atoms with Gasteiger partial charge in [-0.2, -0.15) is 0 Å². The van der Waals surface area contributed by atoms with Crippen LogP contribution in [0.2, 0.25) is 0 Å². The third-order valence-corrected chi connectivity index (χ3v) is 6.91. The normalized spacial score (nSPS) is 19.0. The minimum absolute atomic E-state index is 0.240. The Labute approximate surface area is 150 Å². The van der Waals surface area contributed by atoms with E-state index in [0.29, 0.717) is 11.5 Å². The highest BCUT2D eigenvalue weighted by Crippen LogP contribution is 2.58. The Morgan fingerprint density at radius 2 is 1.58 bits per heavy atom. The quantitative estimate of drug-likeness (QED) is 0.694. The number of carbonyl (C=O) groups is 1. The summed E-state index contributed by atoms with van der Waals surface area (Å²) in [4.78, 5) is 18.8. The van der Waals surface area contributed by atoms with Crippen LogP contribution in [0.4, 0.5) is 11.4 Å². The molecule has 0 unspecified atom stereocenters. The standard InChI is InChI=1S/C18H18N2O2S2/c1-5-22-18(21)15-11(3)20-14-9-7-6-8-13(14)19-10(2)12(4)23-16(19)17(20)24-15/h6-9H,5H2,1-4H3. The molecule has 0 aliphatic carbocycles. The van der Waals surface area contributed by atoms with Crippen LogP contribution in [0, 0.1) is 0 Å². The summed E-state index contributed by atoms with van der Waals surface area (Å²) < 4.78 is 5.25. The SMILES string of the molecule is CCOC(=O)C1=C(C)N2C(=C3SC(C)=C(C)N3c3ccccc32)S1. The molecule has 3 aliphatic heterocycles. The van der Waals surface area contributed by atoms with Crippen LogP contribution in [-0.4, -0.2) is 12.6 Å². The summed E-state index contributed by atoms with van der Waals surface area (Å²) >= 11 is 3.29. The number of esters is 1. The molecule has 0 N–H and O–H groups in total. The van der Waals surface area contributed by atoms with Crippen LogP contribution in [0.25, 0.3) is 0 Å². The van der Waals surface area contributed by atoms with Crippen molar-refractivity contribution in [2.45, 2.75) is 27.7 Å². The molecule has 0 fully saturated rings. The highest BCUT2D eigenvalue weighted by molar-refractivity contribution is 8.11. The summed E-state index contributed by atoms with van der Waals surface area (Å²) in [6.45, 7) is 8.51. The van der Waals surface area contributed by atoms with E-state index in [2.05, 4.69) is 41.8 Å². The average Bonchev–Trinajstić information content (AvgIpc) is 3.07. The zero-order valence-electron chi connectivity index (χ0n) is 14.0. The van der Waals surface area contributed by atoms with Crippen molar-refractivity contribution in [3.8, 4) is 0 Å². The molecule has 0 atom stereocenters. The van der Waals surface area contributed by atoms with Crippen LogP contribution in [0.15, 0.2) is 55.5 Å². The summed E-state index contributed by atoms with van der Waals surface area (Å²) in [5.41, 5.74) is 4.45. The number of para-hydroxylation sites is 2. The number of fused-ring (bicyclic) bond motifs is 5. The Hall–Kier alpha value is -1.79. The second-order valence-electron chi connectivity index (χ2n) is 5.75. The van der Waals surface area contributed by atoms with E-state index in [1.54, 1.807) is 11.8 Å². The zero-order chi connectivity index (χ0) is 17.0. The van der Waals surface area contributed by atoms with E-state index < -0.39 is 0 Å². The minimum atomic E-state index is -0.240. The zero-order valence-corrected chi connectivity index (χ0v) is 15.7. The van der Waals surface area contributed by atoms with E-state index in [1.165, 1.54) is 27.4 Å². The number of allylic oxidation sites excluding steroid dienone is 3. The van der Waals surface area contributed by atoms with Crippen LogP contribution in [0.1, 0.15) is 27.7 Å². The molecular formula is C18H18N2O2S2. The predicted molar refractivity (Wildman–Crippen MR) is 101 cm³/mol. The summed E-state index contributed by atoms with van der Waals surface area (Å²) in [5, 5.41) is 2.27. The van der Waals surface area contributed by atoms with Gasteiger partial charge in [-0.25, -0.2) is 4.79 Å². The molecule has 6 heteroatoms. The first-order valence-corrected chi connectivity index (χ1v) is 9.52. The van der Waals surface area contributed by atoms with Crippen molar-refractivity contribution in [2.75, 3.05) is 16.4 Å². The molecule has 0 saturated heterocycles. The second-order valence-corrected chi connectivity index (χ2v) is 7.95. The van der Waals surface area contributed by atoms with Crippen molar-refractivity contribution in [1.82, 2.24) is 0 Å². The van der Waals surface area contributed by atoms with Crippen LogP contribution in [0.5, 0.6) is 0 Å². The number of thioether (sulfide) groups is 2. The number of hydrogen-bond acceptors (Lipinski definition) is 6. The Bertz CT molecular complexity index is 854. The lowest BCUT2D eigenvalue weighted by Crippen LogP contribution is -2.29. The lowest BCUT2D eigenvalue weighted by molar-refractivity contribution is -0.137. The largest absolute Gasteiger partial charge is 0.462 e. The molecule has 0 saturated carbocycles. The maximum Gasteiger partial charge on any atom is 0.346 e. The summed E-state index contributed by atoms with van der Waals surface area (Å²) in [5.74, 6) is -0.240. The summed E-state index contributed by atoms with van der Waals surface area (Å²) in [7, 11) is 0. The van der Waals surface area contributed by atoms with Crippen LogP contribution < -0.4 is 9.80 Å². The molecule has 0 spiro atoms. The van der Waals surface area contributed by atoms with Gasteiger partial charge in [0, 0.05) is 16.3 Å². The fourth-order valence-corrected chi connectivity index (χ4v) is 5.50. The molecule has 0 radical (unpaired) electrons. The first-order valence-electron chi connectivity index (χ1n) is 7.89. The van der Waals surface area contributed by atoms with Gasteiger partial charge >= 0.3 is 5.97 Å². The Morgan fingerprint density at radius 1 is 1.00 bits per heavy atom. The van der Waals surface area contributed by atoms with Gasteiger partial charge in [-0.15, -0.1) is 0 Å². The number of rotatable bonds is 2. The van der Waals surface area contributed by atoms with E-state index in [4.69, 9.17) is 4.74 Å². The Balaban J connectivity index is 1.90. The third-order valence-electron chi connectivity index (χ3n) is 4.37. The molecule has 1 aromatic carbocycles. The second kappa shape index (κ2) is 5.63. The average molecular weight is 358 g/mol. The molecular weight excluding hydrogens is 340 g/mol. The smallest absolute Gasteiger partial charge is 0.346 e. The van der Waals surface area contributed by atoms with Gasteiger partial charge in [-0.3, -0.25) is 0 Å². The predicted octanol–water partition coefficient (Wildman–Crippen LogP) is 4.98. The van der Waals surface area contributed by atoms with E-state index in [9.17, 15) is 4.79 Å². The van der Waals surface area contributed by atoms with Gasteiger partial charge in [0.15, 0.2) is 0 Å². The maximum atomic E-state index is 12.4. The fourth-order valence-electron chi connectivity index (χ4n) is 3.13. The summed E-state index contributed by atoms with van der Waals surface area (Å²) in [6, 6.07) is 8.34. The Kier molecular flexibility index (Phi) is 3.69. The first kappa shape index (κ1) is 15.7. The van der Waals surface area contributed by atoms with Crippen molar-refractivity contribution < 1.29 is 9.53 Å². The molecule has 24 heavy (non-hydrogen) atoms. The fraction of sp³-hybridized carbons (Fsp3) is 0.278. The maximum absolute atomic E-state index is 12.4.